The molecule has 146 valence electrons. The lowest BCUT2D eigenvalue weighted by molar-refractivity contribution is -0.136. The Kier molecular flexibility index (Phi) is 3.97. The number of hydrogen-bond acceptors (Lipinski definition) is 5. The van der Waals surface area contributed by atoms with Gasteiger partial charge in [-0.2, -0.15) is 0 Å². The maximum atomic E-state index is 13.1. The fourth-order valence-corrected chi connectivity index (χ4v) is 4.42. The van der Waals surface area contributed by atoms with Crippen molar-refractivity contribution in [2.24, 2.45) is 0 Å². The van der Waals surface area contributed by atoms with Crippen LogP contribution in [0.5, 0.6) is 0 Å². The highest BCUT2D eigenvalue weighted by Crippen LogP contribution is 2.34. The first-order chi connectivity index (χ1) is 14.0. The van der Waals surface area contributed by atoms with Crippen molar-refractivity contribution in [3.8, 4) is 0 Å². The molecule has 7 nitrogen and oxygen atoms in total. The Morgan fingerprint density at radius 3 is 2.59 bits per heavy atom. The molecule has 2 aromatic rings. The van der Waals surface area contributed by atoms with Crippen molar-refractivity contribution in [1.29, 1.82) is 0 Å². The van der Waals surface area contributed by atoms with Crippen LogP contribution in [0.3, 0.4) is 0 Å². The second-order valence-electron chi connectivity index (χ2n) is 7.64. The Hall–Kier alpha value is -3.48. The summed E-state index contributed by atoms with van der Waals surface area (Å²) in [5.41, 5.74) is 4.58. The number of fused-ring (bicyclic) bond motifs is 2. The van der Waals surface area contributed by atoms with Crippen molar-refractivity contribution in [1.82, 2.24) is 10.2 Å². The topological polar surface area (TPSA) is 95.6 Å². The molecular weight excluding hydrogens is 370 g/mol. The van der Waals surface area contributed by atoms with E-state index in [4.69, 9.17) is 0 Å². The van der Waals surface area contributed by atoms with Crippen molar-refractivity contribution in [2.45, 2.75) is 38.1 Å². The minimum Gasteiger partial charge on any atom is -0.355 e. The van der Waals surface area contributed by atoms with E-state index >= 15 is 0 Å². The number of imide groups is 2. The van der Waals surface area contributed by atoms with E-state index in [0.29, 0.717) is 5.69 Å². The van der Waals surface area contributed by atoms with Gasteiger partial charge < -0.3 is 5.32 Å². The third-order valence-corrected chi connectivity index (χ3v) is 5.85. The molecule has 29 heavy (non-hydrogen) atoms. The number of anilines is 2. The zero-order valence-corrected chi connectivity index (χ0v) is 15.7. The Morgan fingerprint density at radius 2 is 1.76 bits per heavy atom. The van der Waals surface area contributed by atoms with E-state index in [9.17, 15) is 19.2 Å². The SMILES string of the molecule is O=C1CCC(N2C(=O)c3cccc(Nc4ccc5c(c4)CCC5)c3C2=O)C(=O)N1. The third-order valence-electron chi connectivity index (χ3n) is 5.85. The Bertz CT molecular complexity index is 1090. The van der Waals surface area contributed by atoms with Crippen LogP contribution in [0.4, 0.5) is 11.4 Å². The van der Waals surface area contributed by atoms with Gasteiger partial charge in [-0.1, -0.05) is 12.1 Å². The van der Waals surface area contributed by atoms with E-state index in [0.717, 1.165) is 29.8 Å². The molecule has 4 amide bonds. The summed E-state index contributed by atoms with van der Waals surface area (Å²) in [5.74, 6) is -2.01. The number of carbonyl (C=O) groups excluding carboxylic acids is 4. The van der Waals surface area contributed by atoms with Gasteiger partial charge in [0.1, 0.15) is 6.04 Å². The van der Waals surface area contributed by atoms with Crippen molar-refractivity contribution >= 4 is 35.0 Å². The molecule has 7 heteroatoms. The van der Waals surface area contributed by atoms with Gasteiger partial charge in [-0.25, -0.2) is 0 Å². The molecule has 0 bridgehead atoms. The fraction of sp³-hybridized carbons (Fsp3) is 0.273. The summed E-state index contributed by atoms with van der Waals surface area (Å²) in [6.45, 7) is 0. The van der Waals surface area contributed by atoms with Gasteiger partial charge in [0.15, 0.2) is 0 Å². The lowest BCUT2D eigenvalue weighted by atomic mass is 10.0. The summed E-state index contributed by atoms with van der Waals surface area (Å²) in [4.78, 5) is 50.7. The third kappa shape index (κ3) is 2.81. The van der Waals surface area contributed by atoms with Gasteiger partial charge in [0.05, 0.1) is 16.8 Å². The summed E-state index contributed by atoms with van der Waals surface area (Å²) in [6, 6.07) is 10.3. The number of piperidine rings is 1. The average molecular weight is 389 g/mol. The van der Waals surface area contributed by atoms with Crippen LogP contribution in [-0.4, -0.2) is 34.6 Å². The molecule has 3 aliphatic rings. The zero-order chi connectivity index (χ0) is 20.1. The van der Waals surface area contributed by atoms with E-state index in [2.05, 4.69) is 22.8 Å². The molecule has 2 N–H and O–H groups in total. The molecule has 2 heterocycles. The van der Waals surface area contributed by atoms with Gasteiger partial charge in [-0.05, 0) is 61.1 Å². The first-order valence-electron chi connectivity index (χ1n) is 9.76. The highest BCUT2D eigenvalue weighted by molar-refractivity contribution is 6.25. The van der Waals surface area contributed by atoms with Crippen LogP contribution in [0.2, 0.25) is 0 Å². The summed E-state index contributed by atoms with van der Waals surface area (Å²) in [7, 11) is 0. The number of nitrogens with one attached hydrogen (secondary N) is 2. The van der Waals surface area contributed by atoms with Crippen LogP contribution in [0.15, 0.2) is 36.4 Å². The molecule has 2 aromatic carbocycles. The van der Waals surface area contributed by atoms with Crippen molar-refractivity contribution in [3.63, 3.8) is 0 Å². The van der Waals surface area contributed by atoms with Crippen LogP contribution in [0.25, 0.3) is 0 Å². The summed E-state index contributed by atoms with van der Waals surface area (Å²) in [6.07, 6.45) is 3.52. The van der Waals surface area contributed by atoms with E-state index < -0.39 is 23.8 Å². The van der Waals surface area contributed by atoms with Gasteiger partial charge >= 0.3 is 0 Å². The predicted octanol–water partition coefficient (Wildman–Crippen LogP) is 2.32. The minimum atomic E-state index is -0.965. The second kappa shape index (κ2) is 6.55. The Balaban J connectivity index is 1.47. The number of hydrogen-bond donors (Lipinski definition) is 2. The fourth-order valence-electron chi connectivity index (χ4n) is 4.42. The zero-order valence-electron chi connectivity index (χ0n) is 15.7. The van der Waals surface area contributed by atoms with Crippen LogP contribution in [0, 0.1) is 0 Å². The molecule has 0 saturated carbocycles. The standard InChI is InChI=1S/C22H19N3O4/c26-18-10-9-17(20(27)24-18)25-21(28)15-5-2-6-16(19(15)22(25)29)23-14-8-7-12-3-1-4-13(12)11-14/h2,5-8,11,17,23H,1,3-4,9-10H2,(H,24,26,27). The molecule has 0 spiro atoms. The maximum absolute atomic E-state index is 13.1. The molecule has 0 radical (unpaired) electrons. The van der Waals surface area contributed by atoms with E-state index in [1.54, 1.807) is 18.2 Å². The van der Waals surface area contributed by atoms with E-state index in [-0.39, 0.29) is 29.9 Å². The number of nitrogens with zero attached hydrogens (tertiary/aromatic N) is 1. The molecule has 5 rings (SSSR count). The average Bonchev–Trinajstić information content (AvgIpc) is 3.26. The molecule has 1 atom stereocenters. The lowest BCUT2D eigenvalue weighted by Crippen LogP contribution is -2.54. The minimum absolute atomic E-state index is 0.101. The lowest BCUT2D eigenvalue weighted by Gasteiger charge is -2.27. The highest BCUT2D eigenvalue weighted by atomic mass is 16.2. The molecule has 2 aliphatic heterocycles. The van der Waals surface area contributed by atoms with E-state index in [1.165, 1.54) is 11.1 Å². The molecular formula is C22H19N3O4. The highest BCUT2D eigenvalue weighted by Gasteiger charge is 2.45. The predicted molar refractivity (Wildman–Crippen MR) is 105 cm³/mol. The van der Waals surface area contributed by atoms with Gasteiger partial charge in [0.25, 0.3) is 11.8 Å². The maximum Gasteiger partial charge on any atom is 0.264 e. The first-order valence-corrected chi connectivity index (χ1v) is 9.76. The van der Waals surface area contributed by atoms with Gasteiger partial charge in [-0.3, -0.25) is 29.4 Å². The van der Waals surface area contributed by atoms with Crippen LogP contribution in [0.1, 0.15) is 51.1 Å². The van der Waals surface area contributed by atoms with Crippen molar-refractivity contribution in [2.75, 3.05) is 5.32 Å². The molecule has 0 aromatic heterocycles. The second-order valence-corrected chi connectivity index (χ2v) is 7.64. The largest absolute Gasteiger partial charge is 0.355 e. The first kappa shape index (κ1) is 17.6. The van der Waals surface area contributed by atoms with Gasteiger partial charge in [-0.15, -0.1) is 0 Å². The molecule has 1 fully saturated rings. The molecule has 1 aliphatic carbocycles. The number of amides is 4. The van der Waals surface area contributed by atoms with Crippen LogP contribution >= 0.6 is 0 Å². The van der Waals surface area contributed by atoms with E-state index in [1.807, 2.05) is 6.07 Å². The number of benzene rings is 2. The van der Waals surface area contributed by atoms with Gasteiger partial charge in [0, 0.05) is 12.1 Å². The Labute approximate surface area is 167 Å². The summed E-state index contributed by atoms with van der Waals surface area (Å²) < 4.78 is 0. The normalized spacial score (nSPS) is 20.6. The van der Waals surface area contributed by atoms with Crippen LogP contribution in [-0.2, 0) is 22.4 Å². The van der Waals surface area contributed by atoms with Crippen molar-refractivity contribution < 1.29 is 19.2 Å². The Morgan fingerprint density at radius 1 is 0.931 bits per heavy atom. The smallest absolute Gasteiger partial charge is 0.264 e. The van der Waals surface area contributed by atoms with Crippen molar-refractivity contribution in [3.05, 3.63) is 58.7 Å². The number of carbonyl (C=O) groups is 4. The number of aryl methyl sites for hydroxylation is 2. The van der Waals surface area contributed by atoms with Gasteiger partial charge in [0.2, 0.25) is 11.8 Å². The number of rotatable bonds is 3. The summed E-state index contributed by atoms with van der Waals surface area (Å²) in [5, 5.41) is 5.49. The van der Waals surface area contributed by atoms with Crippen LogP contribution < -0.4 is 10.6 Å². The monoisotopic (exact) mass is 389 g/mol. The molecule has 1 saturated heterocycles. The quantitative estimate of drug-likeness (QED) is 0.786. The summed E-state index contributed by atoms with van der Waals surface area (Å²) >= 11 is 0. The molecule has 1 unspecified atom stereocenters.